The standard InChI is InChI=1S/C28H31N5O2/c1-17-11-20(12-19-14-31(3)9-7-22(17)19)33-10-8-29-26-25(13-30-27(26)33)23-5-4-6-24(18(23)2)28(35)32-15-21(34)16-32/h4-6,8,11-13,21,30,34H,7,9-10,14-16H2,1-3H3. The minimum atomic E-state index is -0.410. The molecule has 0 radical (unpaired) electrons. The van der Waals surface area contributed by atoms with Crippen LogP contribution in [0.4, 0.5) is 17.2 Å². The van der Waals surface area contributed by atoms with Gasteiger partial charge in [0, 0.05) is 55.4 Å². The molecule has 2 N–H and O–H groups in total. The Kier molecular flexibility index (Phi) is 5.27. The van der Waals surface area contributed by atoms with Crippen molar-refractivity contribution in [3.63, 3.8) is 0 Å². The van der Waals surface area contributed by atoms with Gasteiger partial charge in [0.15, 0.2) is 0 Å². The number of likely N-dealkylation sites (tertiary alicyclic amines) is 1. The topological polar surface area (TPSA) is 75.2 Å². The van der Waals surface area contributed by atoms with E-state index in [1.54, 1.807) is 4.90 Å². The second-order valence-corrected chi connectivity index (χ2v) is 10.1. The Morgan fingerprint density at radius 2 is 2.00 bits per heavy atom. The minimum absolute atomic E-state index is 0.0290. The normalized spacial score (nSPS) is 17.8. The molecule has 0 atom stereocenters. The van der Waals surface area contributed by atoms with Crippen molar-refractivity contribution in [3.8, 4) is 11.1 Å². The van der Waals surface area contributed by atoms with E-state index in [4.69, 9.17) is 4.99 Å². The molecule has 1 saturated heterocycles. The molecule has 0 saturated carbocycles. The predicted octanol–water partition coefficient (Wildman–Crippen LogP) is 3.96. The lowest BCUT2D eigenvalue weighted by atomic mass is 9.94. The van der Waals surface area contributed by atoms with E-state index in [1.807, 2.05) is 37.5 Å². The van der Waals surface area contributed by atoms with Crippen molar-refractivity contribution in [2.45, 2.75) is 32.9 Å². The number of nitrogens with zero attached hydrogens (tertiary/aromatic N) is 4. The highest BCUT2D eigenvalue weighted by molar-refractivity contribution is 6.00. The Morgan fingerprint density at radius 1 is 1.17 bits per heavy atom. The summed E-state index contributed by atoms with van der Waals surface area (Å²) in [6, 6.07) is 10.5. The summed E-state index contributed by atoms with van der Waals surface area (Å²) in [4.78, 5) is 27.6. The van der Waals surface area contributed by atoms with E-state index < -0.39 is 6.10 Å². The third-order valence-electron chi connectivity index (χ3n) is 7.64. The van der Waals surface area contributed by atoms with Gasteiger partial charge in [0.1, 0.15) is 11.5 Å². The lowest BCUT2D eigenvalue weighted by molar-refractivity contribution is 0.00584. The van der Waals surface area contributed by atoms with Gasteiger partial charge < -0.3 is 24.8 Å². The van der Waals surface area contributed by atoms with Crippen LogP contribution in [0.5, 0.6) is 0 Å². The number of β-amino-alcohol motifs (C(OH)–C–C–N with tert-alkyl or cyclic N) is 1. The van der Waals surface area contributed by atoms with Gasteiger partial charge in [-0.2, -0.15) is 0 Å². The zero-order chi connectivity index (χ0) is 24.3. The quantitative estimate of drug-likeness (QED) is 0.609. The number of anilines is 2. The molecular weight excluding hydrogens is 438 g/mol. The van der Waals surface area contributed by atoms with Crippen molar-refractivity contribution < 1.29 is 9.90 Å². The largest absolute Gasteiger partial charge is 0.389 e. The van der Waals surface area contributed by atoms with Gasteiger partial charge >= 0.3 is 0 Å². The second kappa shape index (κ2) is 8.36. The number of carbonyl (C=O) groups excluding carboxylic acids is 1. The maximum Gasteiger partial charge on any atom is 0.254 e. The number of carbonyl (C=O) groups is 1. The average molecular weight is 470 g/mol. The number of aryl methyl sites for hydroxylation is 1. The highest BCUT2D eigenvalue weighted by atomic mass is 16.3. The fraction of sp³-hybridized carbons (Fsp3) is 0.357. The van der Waals surface area contributed by atoms with Crippen molar-refractivity contribution in [1.29, 1.82) is 0 Å². The highest BCUT2D eigenvalue weighted by Crippen LogP contribution is 2.44. The van der Waals surface area contributed by atoms with Crippen LogP contribution in [-0.4, -0.2) is 71.3 Å². The molecule has 3 aliphatic heterocycles. The Bertz CT molecular complexity index is 1350. The van der Waals surface area contributed by atoms with Crippen LogP contribution >= 0.6 is 0 Å². The van der Waals surface area contributed by atoms with Crippen molar-refractivity contribution in [3.05, 3.63) is 64.3 Å². The van der Waals surface area contributed by atoms with Gasteiger partial charge in [0.05, 0.1) is 12.6 Å². The number of aromatic amines is 1. The van der Waals surface area contributed by atoms with Gasteiger partial charge in [-0.25, -0.2) is 0 Å². The fourth-order valence-corrected chi connectivity index (χ4v) is 5.63. The molecule has 1 amide bonds. The molecule has 0 unspecified atom stereocenters. The molecule has 0 bridgehead atoms. The van der Waals surface area contributed by atoms with Crippen LogP contribution in [0.3, 0.4) is 0 Å². The summed E-state index contributed by atoms with van der Waals surface area (Å²) in [5, 5.41) is 9.61. The Hall–Kier alpha value is -3.42. The number of benzene rings is 2. The number of nitrogens with one attached hydrogen (secondary N) is 1. The molecule has 4 heterocycles. The molecule has 7 nitrogen and oxygen atoms in total. The van der Waals surface area contributed by atoms with Crippen molar-refractivity contribution in [2.24, 2.45) is 4.99 Å². The van der Waals surface area contributed by atoms with Crippen LogP contribution in [0, 0.1) is 13.8 Å². The Morgan fingerprint density at radius 3 is 2.80 bits per heavy atom. The summed E-state index contributed by atoms with van der Waals surface area (Å²) in [5.41, 5.74) is 9.91. The smallest absolute Gasteiger partial charge is 0.254 e. The molecule has 3 aliphatic rings. The monoisotopic (exact) mass is 469 g/mol. The molecule has 35 heavy (non-hydrogen) atoms. The van der Waals surface area contributed by atoms with Crippen LogP contribution in [0.1, 0.15) is 32.6 Å². The number of likely N-dealkylation sites (N-methyl/N-ethyl adjacent to an activating group) is 1. The van der Waals surface area contributed by atoms with E-state index in [9.17, 15) is 9.90 Å². The molecule has 6 rings (SSSR count). The number of amides is 1. The average Bonchev–Trinajstić information content (AvgIpc) is 3.25. The zero-order valence-electron chi connectivity index (χ0n) is 20.5. The van der Waals surface area contributed by atoms with Crippen LogP contribution in [0.15, 0.2) is 41.5 Å². The number of fused-ring (bicyclic) bond motifs is 2. The van der Waals surface area contributed by atoms with E-state index in [2.05, 4.69) is 40.9 Å². The number of H-pyrrole nitrogens is 1. The van der Waals surface area contributed by atoms with Gasteiger partial charge in [0.25, 0.3) is 5.91 Å². The predicted molar refractivity (Wildman–Crippen MR) is 139 cm³/mol. The lowest BCUT2D eigenvalue weighted by Gasteiger charge is -2.36. The SMILES string of the molecule is Cc1cc(N2CC=Nc3c(-c4cccc(C(=O)N5CC(O)C5)c4C)c[nH]c32)cc2c1CCN(C)C2. The number of aliphatic hydroxyl groups excluding tert-OH is 1. The molecule has 2 aromatic carbocycles. The first-order valence-corrected chi connectivity index (χ1v) is 12.3. The molecule has 3 aromatic rings. The molecule has 0 spiro atoms. The third-order valence-corrected chi connectivity index (χ3v) is 7.64. The Balaban J connectivity index is 1.37. The number of aliphatic imine (C=N–C) groups is 1. The van der Waals surface area contributed by atoms with Crippen molar-refractivity contribution >= 4 is 29.3 Å². The first-order chi connectivity index (χ1) is 16.9. The van der Waals surface area contributed by atoms with Crippen molar-refractivity contribution in [1.82, 2.24) is 14.8 Å². The first-order valence-electron chi connectivity index (χ1n) is 12.3. The fourth-order valence-electron chi connectivity index (χ4n) is 5.63. The Labute approximate surface area is 205 Å². The van der Waals surface area contributed by atoms with Gasteiger partial charge in [-0.15, -0.1) is 0 Å². The summed E-state index contributed by atoms with van der Waals surface area (Å²) >= 11 is 0. The van der Waals surface area contributed by atoms with E-state index in [0.29, 0.717) is 25.2 Å². The van der Waals surface area contributed by atoms with Gasteiger partial charge in [-0.05, 0) is 73.3 Å². The molecule has 7 heteroatoms. The van der Waals surface area contributed by atoms with E-state index in [1.165, 1.54) is 22.4 Å². The number of rotatable bonds is 3. The zero-order valence-corrected chi connectivity index (χ0v) is 20.5. The van der Waals surface area contributed by atoms with Crippen LogP contribution in [0.2, 0.25) is 0 Å². The van der Waals surface area contributed by atoms with E-state index in [0.717, 1.165) is 47.7 Å². The number of aliphatic hydroxyl groups is 1. The lowest BCUT2D eigenvalue weighted by Crippen LogP contribution is -2.53. The van der Waals surface area contributed by atoms with Gasteiger partial charge in [-0.1, -0.05) is 12.1 Å². The number of hydrogen-bond donors (Lipinski definition) is 2. The summed E-state index contributed by atoms with van der Waals surface area (Å²) in [7, 11) is 2.18. The second-order valence-electron chi connectivity index (χ2n) is 10.1. The van der Waals surface area contributed by atoms with Gasteiger partial charge in [0.2, 0.25) is 0 Å². The molecular formula is C28H31N5O2. The third kappa shape index (κ3) is 3.66. The summed E-state index contributed by atoms with van der Waals surface area (Å²) in [6.45, 7) is 7.79. The molecule has 180 valence electrons. The minimum Gasteiger partial charge on any atom is -0.389 e. The van der Waals surface area contributed by atoms with Crippen LogP contribution in [-0.2, 0) is 13.0 Å². The summed E-state index contributed by atoms with van der Waals surface area (Å²) in [6.07, 6.45) is 4.66. The molecule has 1 aromatic heterocycles. The number of hydrogen-bond acceptors (Lipinski definition) is 5. The molecule has 1 fully saturated rings. The number of aromatic nitrogens is 1. The van der Waals surface area contributed by atoms with E-state index in [-0.39, 0.29) is 5.91 Å². The van der Waals surface area contributed by atoms with Crippen LogP contribution in [0.25, 0.3) is 11.1 Å². The van der Waals surface area contributed by atoms with Gasteiger partial charge in [-0.3, -0.25) is 9.79 Å². The maximum absolute atomic E-state index is 13.0. The first kappa shape index (κ1) is 22.1. The van der Waals surface area contributed by atoms with Crippen LogP contribution < -0.4 is 4.90 Å². The van der Waals surface area contributed by atoms with E-state index >= 15 is 0 Å². The van der Waals surface area contributed by atoms with Crippen molar-refractivity contribution in [2.75, 3.05) is 38.1 Å². The summed E-state index contributed by atoms with van der Waals surface area (Å²) in [5.74, 6) is 0.951. The molecule has 0 aliphatic carbocycles. The summed E-state index contributed by atoms with van der Waals surface area (Å²) < 4.78 is 0. The maximum atomic E-state index is 13.0. The highest BCUT2D eigenvalue weighted by Gasteiger charge is 2.31.